The maximum atomic E-state index is 12.6. The number of rotatable bonds is 3. The van der Waals surface area contributed by atoms with Crippen LogP contribution in [0.5, 0.6) is 0 Å². The first kappa shape index (κ1) is 16.2. The number of aryl methyl sites for hydroxylation is 2. The molecule has 1 aliphatic rings. The molecule has 0 bridgehead atoms. The van der Waals surface area contributed by atoms with E-state index in [1.807, 2.05) is 37.3 Å². The van der Waals surface area contributed by atoms with Crippen LogP contribution < -0.4 is 10.2 Å². The van der Waals surface area contributed by atoms with Gasteiger partial charge in [-0.1, -0.05) is 24.3 Å². The molecule has 124 valence electrons. The second kappa shape index (κ2) is 6.83. The van der Waals surface area contributed by atoms with Crippen molar-refractivity contribution in [2.45, 2.75) is 39.2 Å². The number of nitrogens with one attached hydrogen (secondary N) is 1. The molecule has 0 fully saturated rings. The number of pyridine rings is 1. The Morgan fingerprint density at radius 2 is 2.00 bits per heavy atom. The third-order valence-electron chi connectivity index (χ3n) is 4.29. The summed E-state index contributed by atoms with van der Waals surface area (Å²) >= 11 is 0. The molecule has 2 amide bonds. The van der Waals surface area contributed by atoms with Gasteiger partial charge in [-0.05, 0) is 49.9 Å². The molecule has 1 aromatic heterocycles. The molecule has 1 N–H and O–H groups in total. The normalized spacial score (nSPS) is 15.4. The molecular weight excluding hydrogens is 302 g/mol. The highest BCUT2D eigenvalue weighted by Crippen LogP contribution is 2.28. The number of carbonyl (C=O) groups is 2. The van der Waals surface area contributed by atoms with Crippen molar-refractivity contribution in [2.24, 2.45) is 0 Å². The van der Waals surface area contributed by atoms with Crippen LogP contribution in [0.2, 0.25) is 0 Å². The monoisotopic (exact) mass is 323 g/mol. The van der Waals surface area contributed by atoms with E-state index < -0.39 is 6.04 Å². The van der Waals surface area contributed by atoms with Gasteiger partial charge in [0.25, 0.3) is 0 Å². The SMILES string of the molecule is Cc1ccc(NC(=O)C(C)N2C(=O)CCCc3ccccc32)nc1. The number of fused-ring (bicyclic) bond motifs is 1. The van der Waals surface area contributed by atoms with Gasteiger partial charge in [-0.15, -0.1) is 0 Å². The van der Waals surface area contributed by atoms with E-state index in [0.717, 1.165) is 29.7 Å². The number of aromatic nitrogens is 1. The lowest BCUT2D eigenvalue weighted by molar-refractivity contribution is -0.123. The Balaban J connectivity index is 1.84. The fourth-order valence-electron chi connectivity index (χ4n) is 2.96. The summed E-state index contributed by atoms with van der Waals surface area (Å²) in [5.74, 6) is 0.240. The van der Waals surface area contributed by atoms with Crippen molar-refractivity contribution in [1.82, 2.24) is 4.98 Å². The lowest BCUT2D eigenvalue weighted by atomic mass is 10.1. The molecule has 1 aliphatic heterocycles. The quantitative estimate of drug-likeness (QED) is 0.944. The Bertz CT molecular complexity index is 755. The van der Waals surface area contributed by atoms with Gasteiger partial charge in [-0.25, -0.2) is 4.98 Å². The molecule has 5 nitrogen and oxygen atoms in total. The third-order valence-corrected chi connectivity index (χ3v) is 4.29. The van der Waals surface area contributed by atoms with Crippen LogP contribution >= 0.6 is 0 Å². The van der Waals surface area contributed by atoms with Gasteiger partial charge in [0.15, 0.2) is 0 Å². The summed E-state index contributed by atoms with van der Waals surface area (Å²) in [5.41, 5.74) is 2.97. The standard InChI is InChI=1S/C19H21N3O2/c1-13-10-11-17(20-12-13)21-19(24)14(2)22-16-8-4-3-6-15(16)7-5-9-18(22)23/h3-4,6,8,10-12,14H,5,7,9H2,1-2H3,(H,20,21,24). The minimum Gasteiger partial charge on any atom is -0.309 e. The molecule has 1 aromatic carbocycles. The van der Waals surface area contributed by atoms with Crippen LogP contribution in [-0.4, -0.2) is 22.8 Å². The topological polar surface area (TPSA) is 62.3 Å². The molecule has 0 aliphatic carbocycles. The van der Waals surface area contributed by atoms with Gasteiger partial charge in [-0.3, -0.25) is 14.5 Å². The van der Waals surface area contributed by atoms with E-state index in [0.29, 0.717) is 12.2 Å². The smallest absolute Gasteiger partial charge is 0.248 e. The summed E-state index contributed by atoms with van der Waals surface area (Å²) < 4.78 is 0. The molecule has 0 spiro atoms. The van der Waals surface area contributed by atoms with E-state index in [1.165, 1.54) is 0 Å². The number of anilines is 2. The van der Waals surface area contributed by atoms with Gasteiger partial charge < -0.3 is 5.32 Å². The number of nitrogens with zero attached hydrogens (tertiary/aromatic N) is 2. The van der Waals surface area contributed by atoms with E-state index in [1.54, 1.807) is 24.1 Å². The van der Waals surface area contributed by atoms with Crippen LogP contribution in [0.1, 0.15) is 30.9 Å². The second-order valence-electron chi connectivity index (χ2n) is 6.13. The summed E-state index contributed by atoms with van der Waals surface area (Å²) in [4.78, 5) is 31.0. The Morgan fingerprint density at radius 1 is 1.21 bits per heavy atom. The first-order valence-electron chi connectivity index (χ1n) is 8.20. The van der Waals surface area contributed by atoms with Crippen molar-refractivity contribution in [2.75, 3.05) is 10.2 Å². The Morgan fingerprint density at radius 3 is 2.75 bits per heavy atom. The summed E-state index contributed by atoms with van der Waals surface area (Å²) in [5, 5.41) is 2.79. The molecule has 0 radical (unpaired) electrons. The average Bonchev–Trinajstić information content (AvgIpc) is 2.74. The summed E-state index contributed by atoms with van der Waals surface area (Å²) in [6.07, 6.45) is 3.81. The van der Waals surface area contributed by atoms with Crippen molar-refractivity contribution in [3.8, 4) is 0 Å². The molecular formula is C19H21N3O2. The molecule has 0 saturated heterocycles. The van der Waals surface area contributed by atoms with Crippen molar-refractivity contribution >= 4 is 23.3 Å². The molecule has 2 heterocycles. The molecule has 24 heavy (non-hydrogen) atoms. The van der Waals surface area contributed by atoms with Crippen LogP contribution in [0.4, 0.5) is 11.5 Å². The van der Waals surface area contributed by atoms with Crippen LogP contribution in [-0.2, 0) is 16.0 Å². The van der Waals surface area contributed by atoms with Crippen molar-refractivity contribution < 1.29 is 9.59 Å². The minimum absolute atomic E-state index is 0.0144. The predicted molar refractivity (Wildman–Crippen MR) is 93.9 cm³/mol. The van der Waals surface area contributed by atoms with Gasteiger partial charge >= 0.3 is 0 Å². The van der Waals surface area contributed by atoms with E-state index in [2.05, 4.69) is 10.3 Å². The molecule has 1 unspecified atom stereocenters. The van der Waals surface area contributed by atoms with E-state index in [9.17, 15) is 9.59 Å². The summed E-state index contributed by atoms with van der Waals surface area (Å²) in [6, 6.07) is 10.8. The first-order valence-corrected chi connectivity index (χ1v) is 8.20. The largest absolute Gasteiger partial charge is 0.309 e. The van der Waals surface area contributed by atoms with E-state index >= 15 is 0 Å². The van der Waals surface area contributed by atoms with Crippen LogP contribution in [0, 0.1) is 6.92 Å². The molecule has 2 aromatic rings. The van der Waals surface area contributed by atoms with Crippen molar-refractivity contribution in [3.05, 3.63) is 53.7 Å². The number of hydrogen-bond acceptors (Lipinski definition) is 3. The molecule has 3 rings (SSSR count). The lowest BCUT2D eigenvalue weighted by Crippen LogP contribution is -2.45. The molecule has 1 atom stereocenters. The molecule has 0 saturated carbocycles. The highest BCUT2D eigenvalue weighted by atomic mass is 16.2. The second-order valence-corrected chi connectivity index (χ2v) is 6.13. The summed E-state index contributed by atoms with van der Waals surface area (Å²) in [6.45, 7) is 3.69. The fourth-order valence-corrected chi connectivity index (χ4v) is 2.96. The number of amides is 2. The zero-order valence-corrected chi connectivity index (χ0v) is 14.0. The van der Waals surface area contributed by atoms with Gasteiger partial charge in [0.2, 0.25) is 11.8 Å². The van der Waals surface area contributed by atoms with E-state index in [4.69, 9.17) is 0 Å². The van der Waals surface area contributed by atoms with Gasteiger partial charge in [0.05, 0.1) is 0 Å². The zero-order valence-electron chi connectivity index (χ0n) is 14.0. The number of para-hydroxylation sites is 1. The number of hydrogen-bond donors (Lipinski definition) is 1. The summed E-state index contributed by atoms with van der Waals surface area (Å²) in [7, 11) is 0. The number of carbonyl (C=O) groups excluding carboxylic acids is 2. The highest BCUT2D eigenvalue weighted by molar-refractivity contribution is 6.05. The maximum Gasteiger partial charge on any atom is 0.248 e. The Hall–Kier alpha value is -2.69. The lowest BCUT2D eigenvalue weighted by Gasteiger charge is -2.28. The van der Waals surface area contributed by atoms with Crippen molar-refractivity contribution in [1.29, 1.82) is 0 Å². The van der Waals surface area contributed by atoms with Gasteiger partial charge in [0, 0.05) is 18.3 Å². The van der Waals surface area contributed by atoms with Gasteiger partial charge in [-0.2, -0.15) is 0 Å². The van der Waals surface area contributed by atoms with Crippen molar-refractivity contribution in [3.63, 3.8) is 0 Å². The van der Waals surface area contributed by atoms with E-state index in [-0.39, 0.29) is 11.8 Å². The average molecular weight is 323 g/mol. The zero-order chi connectivity index (χ0) is 17.1. The number of benzene rings is 1. The highest BCUT2D eigenvalue weighted by Gasteiger charge is 2.30. The Kier molecular flexibility index (Phi) is 4.60. The van der Waals surface area contributed by atoms with Gasteiger partial charge in [0.1, 0.15) is 11.9 Å². The Labute approximate surface area is 141 Å². The third kappa shape index (κ3) is 3.30. The van der Waals surface area contributed by atoms with Crippen LogP contribution in [0.25, 0.3) is 0 Å². The van der Waals surface area contributed by atoms with Crippen LogP contribution in [0.3, 0.4) is 0 Å². The predicted octanol–water partition coefficient (Wildman–Crippen LogP) is 3.09. The van der Waals surface area contributed by atoms with Crippen LogP contribution in [0.15, 0.2) is 42.6 Å². The maximum absolute atomic E-state index is 12.6. The first-order chi connectivity index (χ1) is 11.6. The fraction of sp³-hybridized carbons (Fsp3) is 0.316. The molecule has 5 heteroatoms. The minimum atomic E-state index is -0.597.